The quantitative estimate of drug-likeness (QED) is 0.715. The van der Waals surface area contributed by atoms with Gasteiger partial charge in [-0.2, -0.15) is 0 Å². The zero-order chi connectivity index (χ0) is 19.8. The van der Waals surface area contributed by atoms with Crippen molar-refractivity contribution in [1.82, 2.24) is 14.9 Å². The molecule has 6 nitrogen and oxygen atoms in total. The molecule has 0 amide bonds. The molecule has 0 saturated carbocycles. The average Bonchev–Trinajstić information content (AvgIpc) is 3.37. The maximum absolute atomic E-state index is 11.1. The van der Waals surface area contributed by atoms with Crippen LogP contribution in [0.5, 0.6) is 0 Å². The van der Waals surface area contributed by atoms with Crippen LogP contribution in [-0.2, 0) is 6.54 Å². The van der Waals surface area contributed by atoms with E-state index in [0.717, 1.165) is 30.8 Å². The number of piperidine rings is 1. The van der Waals surface area contributed by atoms with Crippen LogP contribution >= 0.6 is 0 Å². The highest BCUT2D eigenvalue weighted by atomic mass is 16.4. The number of benzene rings is 1. The minimum atomic E-state index is -0.897. The summed E-state index contributed by atoms with van der Waals surface area (Å²) in [4.78, 5) is 18.2. The molecule has 6 heteroatoms. The van der Waals surface area contributed by atoms with Crippen molar-refractivity contribution in [3.63, 3.8) is 0 Å². The molecule has 4 heterocycles. The summed E-state index contributed by atoms with van der Waals surface area (Å²) in [5, 5.41) is 13.8. The zero-order valence-corrected chi connectivity index (χ0v) is 16.5. The Morgan fingerprint density at radius 2 is 1.90 bits per heavy atom. The molecule has 1 spiro atoms. The molecule has 0 aliphatic carbocycles. The first kappa shape index (κ1) is 18.2. The topological polar surface area (TPSA) is 70.4 Å². The number of rotatable bonds is 4. The zero-order valence-electron chi connectivity index (χ0n) is 16.5. The summed E-state index contributed by atoms with van der Waals surface area (Å²) in [5.74, 6) is -0.897. The molecular weight excluding hydrogens is 364 g/mol. The summed E-state index contributed by atoms with van der Waals surface area (Å²) in [6.45, 7) is 5.21. The van der Waals surface area contributed by atoms with Gasteiger partial charge >= 0.3 is 5.97 Å². The number of carboxylic acids is 1. The Kier molecular flexibility index (Phi) is 4.51. The number of nitrogens with one attached hydrogen (secondary N) is 1. The number of carboxylic acid groups (broad SMARTS) is 1. The third-order valence-electron chi connectivity index (χ3n) is 6.69. The van der Waals surface area contributed by atoms with Gasteiger partial charge in [0.1, 0.15) is 5.65 Å². The van der Waals surface area contributed by atoms with Crippen molar-refractivity contribution in [3.05, 3.63) is 59.9 Å². The Hall–Kier alpha value is -2.86. The van der Waals surface area contributed by atoms with Gasteiger partial charge in [-0.3, -0.25) is 0 Å². The predicted molar refractivity (Wildman–Crippen MR) is 114 cm³/mol. The van der Waals surface area contributed by atoms with Gasteiger partial charge in [-0.25, -0.2) is 9.78 Å². The van der Waals surface area contributed by atoms with Crippen LogP contribution < -0.4 is 10.2 Å². The Bertz CT molecular complexity index is 1020. The van der Waals surface area contributed by atoms with Crippen molar-refractivity contribution in [3.8, 4) is 0 Å². The lowest BCUT2D eigenvalue weighted by Crippen LogP contribution is -2.41. The second-order valence-electron chi connectivity index (χ2n) is 8.43. The number of nitrogens with zero attached hydrogens (tertiary/aromatic N) is 3. The minimum absolute atomic E-state index is 0.312. The number of carbonyl (C=O) groups is 1. The molecule has 0 atom stereocenters. The van der Waals surface area contributed by atoms with Crippen molar-refractivity contribution in [2.24, 2.45) is 5.41 Å². The molecule has 5 rings (SSSR count). The van der Waals surface area contributed by atoms with Gasteiger partial charge in [0.2, 0.25) is 0 Å². The highest BCUT2D eigenvalue weighted by molar-refractivity contribution is 5.90. The maximum atomic E-state index is 11.1. The molecule has 2 saturated heterocycles. The van der Waals surface area contributed by atoms with Crippen LogP contribution in [0.4, 0.5) is 5.69 Å². The second-order valence-corrected chi connectivity index (χ2v) is 8.43. The van der Waals surface area contributed by atoms with Crippen LogP contribution in [0, 0.1) is 5.41 Å². The first-order chi connectivity index (χ1) is 14.1. The maximum Gasteiger partial charge on any atom is 0.335 e. The molecule has 0 radical (unpaired) electrons. The van der Waals surface area contributed by atoms with E-state index in [1.807, 2.05) is 18.3 Å². The molecule has 29 heavy (non-hydrogen) atoms. The molecular formula is C23H26N4O2. The van der Waals surface area contributed by atoms with E-state index in [1.165, 1.54) is 36.9 Å². The highest BCUT2D eigenvalue weighted by Gasteiger charge is 2.37. The smallest absolute Gasteiger partial charge is 0.335 e. The van der Waals surface area contributed by atoms with Crippen LogP contribution in [0.3, 0.4) is 0 Å². The molecule has 3 aromatic rings. The molecule has 2 N–H and O–H groups in total. The standard InChI is InChI=1S/C23H26N4O2/c28-22(29)18-3-1-17(2-4-18)15-27-12-6-19-20(5-10-25-21(19)27)26-13-8-23(9-14-26)7-11-24-16-23/h1-6,10,12,24H,7-9,11,13-16H2,(H,28,29). The molecule has 2 fully saturated rings. The van der Waals surface area contributed by atoms with Crippen LogP contribution in [0.25, 0.3) is 11.0 Å². The number of hydrogen-bond donors (Lipinski definition) is 2. The molecule has 0 unspecified atom stereocenters. The van der Waals surface area contributed by atoms with Crippen molar-refractivity contribution in [1.29, 1.82) is 0 Å². The monoisotopic (exact) mass is 390 g/mol. The Labute approximate surface area is 170 Å². The van der Waals surface area contributed by atoms with E-state index in [4.69, 9.17) is 5.11 Å². The summed E-state index contributed by atoms with van der Waals surface area (Å²) in [5.41, 5.74) is 4.14. The van der Waals surface area contributed by atoms with E-state index in [1.54, 1.807) is 12.1 Å². The summed E-state index contributed by atoms with van der Waals surface area (Å²) in [7, 11) is 0. The number of pyridine rings is 1. The Balaban J connectivity index is 1.37. The Morgan fingerprint density at radius 3 is 2.59 bits per heavy atom. The van der Waals surface area contributed by atoms with Gasteiger partial charge in [0, 0.05) is 49.6 Å². The lowest BCUT2D eigenvalue weighted by molar-refractivity contribution is 0.0697. The Morgan fingerprint density at radius 1 is 1.10 bits per heavy atom. The van der Waals surface area contributed by atoms with Gasteiger partial charge in [0.15, 0.2) is 0 Å². The van der Waals surface area contributed by atoms with Crippen LogP contribution in [0.2, 0.25) is 0 Å². The number of anilines is 1. The fourth-order valence-corrected chi connectivity index (χ4v) is 4.87. The number of fused-ring (bicyclic) bond motifs is 1. The predicted octanol–water partition coefficient (Wildman–Crippen LogP) is 3.36. The molecule has 1 aromatic carbocycles. The number of aromatic carboxylic acids is 1. The van der Waals surface area contributed by atoms with Gasteiger partial charge in [-0.15, -0.1) is 0 Å². The van der Waals surface area contributed by atoms with Gasteiger partial charge in [0.05, 0.1) is 5.56 Å². The molecule has 2 aliphatic heterocycles. The van der Waals surface area contributed by atoms with Crippen molar-refractivity contribution >= 4 is 22.7 Å². The molecule has 2 aliphatic rings. The largest absolute Gasteiger partial charge is 0.478 e. The average molecular weight is 390 g/mol. The third-order valence-corrected chi connectivity index (χ3v) is 6.69. The minimum Gasteiger partial charge on any atom is -0.478 e. The fourth-order valence-electron chi connectivity index (χ4n) is 4.87. The van der Waals surface area contributed by atoms with Gasteiger partial charge in [-0.05, 0) is 61.1 Å². The van der Waals surface area contributed by atoms with Gasteiger partial charge < -0.3 is 19.9 Å². The molecule has 2 aromatic heterocycles. The van der Waals surface area contributed by atoms with E-state index in [9.17, 15) is 4.79 Å². The van der Waals surface area contributed by atoms with Crippen LogP contribution in [0.15, 0.2) is 48.8 Å². The molecule has 0 bridgehead atoms. The lowest BCUT2D eigenvalue weighted by atomic mass is 9.77. The van der Waals surface area contributed by atoms with Crippen molar-refractivity contribution < 1.29 is 9.90 Å². The highest BCUT2D eigenvalue weighted by Crippen LogP contribution is 2.39. The van der Waals surface area contributed by atoms with E-state index < -0.39 is 5.97 Å². The summed E-state index contributed by atoms with van der Waals surface area (Å²) in [6, 6.07) is 11.4. The van der Waals surface area contributed by atoms with Crippen LogP contribution in [-0.4, -0.2) is 46.8 Å². The molecule has 150 valence electrons. The first-order valence-corrected chi connectivity index (χ1v) is 10.4. The lowest BCUT2D eigenvalue weighted by Gasteiger charge is -2.40. The number of aromatic nitrogens is 2. The van der Waals surface area contributed by atoms with E-state index in [2.05, 4.69) is 38.1 Å². The third kappa shape index (κ3) is 3.38. The van der Waals surface area contributed by atoms with E-state index >= 15 is 0 Å². The SMILES string of the molecule is O=C(O)c1ccc(Cn2ccc3c(N4CCC5(CCNC5)CC4)ccnc32)cc1. The van der Waals surface area contributed by atoms with Crippen molar-refractivity contribution in [2.75, 3.05) is 31.1 Å². The summed E-state index contributed by atoms with van der Waals surface area (Å²) < 4.78 is 2.14. The number of hydrogen-bond acceptors (Lipinski definition) is 4. The fraction of sp³-hybridized carbons (Fsp3) is 0.391. The van der Waals surface area contributed by atoms with E-state index in [0.29, 0.717) is 17.5 Å². The van der Waals surface area contributed by atoms with Gasteiger partial charge in [-0.1, -0.05) is 12.1 Å². The second kappa shape index (κ2) is 7.19. The first-order valence-electron chi connectivity index (χ1n) is 10.4. The van der Waals surface area contributed by atoms with E-state index in [-0.39, 0.29) is 0 Å². The van der Waals surface area contributed by atoms with Crippen LogP contribution in [0.1, 0.15) is 35.2 Å². The van der Waals surface area contributed by atoms with Gasteiger partial charge in [0.25, 0.3) is 0 Å². The summed E-state index contributed by atoms with van der Waals surface area (Å²) in [6.07, 6.45) is 7.80. The normalized spacial score (nSPS) is 18.6. The summed E-state index contributed by atoms with van der Waals surface area (Å²) >= 11 is 0. The van der Waals surface area contributed by atoms with Crippen molar-refractivity contribution in [2.45, 2.75) is 25.8 Å².